The van der Waals surface area contributed by atoms with Crippen LogP contribution >= 0.6 is 0 Å². The molecule has 0 aromatic heterocycles. The van der Waals surface area contributed by atoms with Gasteiger partial charge in [-0.2, -0.15) is 5.26 Å². The normalized spacial score (nSPS) is 30.7. The van der Waals surface area contributed by atoms with E-state index in [4.69, 9.17) is 5.26 Å². The summed E-state index contributed by atoms with van der Waals surface area (Å²) in [5, 5.41) is 8.54. The average molecular weight is 122 g/mol. The van der Waals surface area contributed by atoms with Crippen LogP contribution in [0.3, 0.4) is 0 Å². The van der Waals surface area contributed by atoms with Gasteiger partial charge in [-0.05, 0) is 19.3 Å². The number of nitrogens with zero attached hydrogens (tertiary/aromatic N) is 2. The van der Waals surface area contributed by atoms with E-state index in [9.17, 15) is 0 Å². The standard InChI is InChI=1S/C7H10N2/c1-9-7-4-2-3-6(7)5-8/h6H,2-4H2,1H3. The lowest BCUT2D eigenvalue weighted by molar-refractivity contribution is 0.795. The summed E-state index contributed by atoms with van der Waals surface area (Å²) in [6.07, 6.45) is 3.20. The van der Waals surface area contributed by atoms with Crippen LogP contribution < -0.4 is 0 Å². The molecule has 0 radical (unpaired) electrons. The molecule has 0 heterocycles. The van der Waals surface area contributed by atoms with E-state index in [2.05, 4.69) is 11.1 Å². The molecule has 1 atom stereocenters. The van der Waals surface area contributed by atoms with Gasteiger partial charge in [-0.3, -0.25) is 4.99 Å². The first kappa shape index (κ1) is 6.28. The second-order valence-electron chi connectivity index (χ2n) is 2.29. The molecule has 0 bridgehead atoms. The number of hydrogen-bond acceptors (Lipinski definition) is 2. The number of hydrogen-bond donors (Lipinski definition) is 0. The largest absolute Gasteiger partial charge is 0.296 e. The topological polar surface area (TPSA) is 36.1 Å². The maximum atomic E-state index is 8.54. The first-order valence-corrected chi connectivity index (χ1v) is 3.23. The molecule has 2 heteroatoms. The summed E-state index contributed by atoms with van der Waals surface area (Å²) < 4.78 is 0. The summed E-state index contributed by atoms with van der Waals surface area (Å²) in [5.74, 6) is 0.134. The van der Waals surface area contributed by atoms with Gasteiger partial charge >= 0.3 is 0 Å². The van der Waals surface area contributed by atoms with Gasteiger partial charge in [-0.25, -0.2) is 0 Å². The lowest BCUT2D eigenvalue weighted by Gasteiger charge is -1.95. The third-order valence-corrected chi connectivity index (χ3v) is 1.77. The van der Waals surface area contributed by atoms with Crippen LogP contribution in [0.15, 0.2) is 4.99 Å². The highest BCUT2D eigenvalue weighted by molar-refractivity contribution is 5.90. The van der Waals surface area contributed by atoms with Gasteiger partial charge in [-0.15, -0.1) is 0 Å². The van der Waals surface area contributed by atoms with Crippen LogP contribution in [-0.4, -0.2) is 12.8 Å². The summed E-state index contributed by atoms with van der Waals surface area (Å²) in [6.45, 7) is 0. The van der Waals surface area contributed by atoms with Gasteiger partial charge in [0.2, 0.25) is 0 Å². The monoisotopic (exact) mass is 122 g/mol. The van der Waals surface area contributed by atoms with E-state index in [-0.39, 0.29) is 5.92 Å². The molecule has 0 spiro atoms. The predicted molar refractivity (Wildman–Crippen MR) is 36.3 cm³/mol. The Balaban J connectivity index is 2.65. The van der Waals surface area contributed by atoms with Gasteiger partial charge in [-0.1, -0.05) is 0 Å². The van der Waals surface area contributed by atoms with Gasteiger partial charge < -0.3 is 0 Å². The van der Waals surface area contributed by atoms with E-state index in [1.165, 1.54) is 0 Å². The predicted octanol–water partition coefficient (Wildman–Crippen LogP) is 1.38. The van der Waals surface area contributed by atoms with Gasteiger partial charge in [0.1, 0.15) is 0 Å². The van der Waals surface area contributed by atoms with E-state index >= 15 is 0 Å². The molecule has 1 aliphatic rings. The maximum Gasteiger partial charge on any atom is 0.0841 e. The Labute approximate surface area is 55.2 Å². The molecule has 9 heavy (non-hydrogen) atoms. The van der Waals surface area contributed by atoms with Crippen LogP contribution in [0.25, 0.3) is 0 Å². The van der Waals surface area contributed by atoms with Crippen molar-refractivity contribution in [3.63, 3.8) is 0 Å². The SMILES string of the molecule is CN=C1CCCC1C#N. The van der Waals surface area contributed by atoms with E-state index < -0.39 is 0 Å². The quantitative estimate of drug-likeness (QED) is 0.478. The molecule has 0 amide bonds. The molecular weight excluding hydrogens is 112 g/mol. The second-order valence-corrected chi connectivity index (χ2v) is 2.29. The first-order valence-electron chi connectivity index (χ1n) is 3.23. The van der Waals surface area contributed by atoms with Crippen LogP contribution in [0.4, 0.5) is 0 Å². The second kappa shape index (κ2) is 2.63. The fourth-order valence-corrected chi connectivity index (χ4v) is 1.23. The summed E-state index contributed by atoms with van der Waals surface area (Å²) in [6, 6.07) is 2.23. The number of aliphatic imine (C=N–C) groups is 1. The van der Waals surface area contributed by atoms with Gasteiger partial charge in [0, 0.05) is 12.8 Å². The average Bonchev–Trinajstić information content (AvgIpc) is 2.33. The van der Waals surface area contributed by atoms with Crippen molar-refractivity contribution in [2.75, 3.05) is 7.05 Å². The van der Waals surface area contributed by atoms with Gasteiger partial charge in [0.05, 0.1) is 12.0 Å². The van der Waals surface area contributed by atoms with Crippen molar-refractivity contribution in [3.05, 3.63) is 0 Å². The zero-order valence-corrected chi connectivity index (χ0v) is 5.59. The van der Waals surface area contributed by atoms with Crippen molar-refractivity contribution in [1.82, 2.24) is 0 Å². The van der Waals surface area contributed by atoms with Crippen molar-refractivity contribution in [1.29, 1.82) is 5.26 Å². The van der Waals surface area contributed by atoms with Crippen LogP contribution in [0.5, 0.6) is 0 Å². The molecule has 48 valence electrons. The van der Waals surface area contributed by atoms with Crippen molar-refractivity contribution >= 4 is 5.71 Å². The Bertz CT molecular complexity index is 164. The number of rotatable bonds is 0. The Morgan fingerprint density at radius 1 is 1.78 bits per heavy atom. The zero-order valence-electron chi connectivity index (χ0n) is 5.59. The van der Waals surface area contributed by atoms with E-state index in [1.807, 2.05) is 0 Å². The van der Waals surface area contributed by atoms with Crippen LogP contribution in [0.2, 0.25) is 0 Å². The Morgan fingerprint density at radius 3 is 3.00 bits per heavy atom. The molecule has 0 saturated heterocycles. The molecule has 0 N–H and O–H groups in total. The van der Waals surface area contributed by atoms with Crippen molar-refractivity contribution < 1.29 is 0 Å². The Morgan fingerprint density at radius 2 is 2.56 bits per heavy atom. The summed E-state index contributed by atoms with van der Waals surface area (Å²) in [4.78, 5) is 4.03. The minimum absolute atomic E-state index is 0.134. The fraction of sp³-hybridized carbons (Fsp3) is 0.714. The molecule has 1 unspecified atom stereocenters. The van der Waals surface area contributed by atoms with Crippen LogP contribution in [0.1, 0.15) is 19.3 Å². The van der Waals surface area contributed by atoms with Crippen molar-refractivity contribution in [3.8, 4) is 6.07 Å². The Hall–Kier alpha value is -0.840. The van der Waals surface area contributed by atoms with Crippen molar-refractivity contribution in [2.45, 2.75) is 19.3 Å². The molecule has 0 aromatic carbocycles. The molecular formula is C7H10N2. The molecule has 2 nitrogen and oxygen atoms in total. The molecule has 1 fully saturated rings. The molecule has 1 aliphatic carbocycles. The molecule has 0 aromatic rings. The summed E-state index contributed by atoms with van der Waals surface area (Å²) in [7, 11) is 1.77. The van der Waals surface area contributed by atoms with E-state index in [1.54, 1.807) is 7.05 Å². The van der Waals surface area contributed by atoms with Crippen LogP contribution in [0, 0.1) is 17.2 Å². The first-order chi connectivity index (χ1) is 4.38. The Kier molecular flexibility index (Phi) is 1.84. The fourth-order valence-electron chi connectivity index (χ4n) is 1.23. The lowest BCUT2D eigenvalue weighted by Crippen LogP contribution is -2.02. The zero-order chi connectivity index (χ0) is 6.69. The summed E-state index contributed by atoms with van der Waals surface area (Å²) in [5.41, 5.74) is 1.09. The number of nitriles is 1. The molecule has 1 rings (SSSR count). The smallest absolute Gasteiger partial charge is 0.0841 e. The highest BCUT2D eigenvalue weighted by Gasteiger charge is 2.20. The molecule has 0 aliphatic heterocycles. The highest BCUT2D eigenvalue weighted by Crippen LogP contribution is 2.21. The van der Waals surface area contributed by atoms with E-state index in [0.717, 1.165) is 25.0 Å². The highest BCUT2D eigenvalue weighted by atomic mass is 14.7. The van der Waals surface area contributed by atoms with Gasteiger partial charge in [0.15, 0.2) is 0 Å². The lowest BCUT2D eigenvalue weighted by atomic mass is 10.1. The third kappa shape index (κ3) is 1.10. The minimum Gasteiger partial charge on any atom is -0.296 e. The van der Waals surface area contributed by atoms with Gasteiger partial charge in [0.25, 0.3) is 0 Å². The van der Waals surface area contributed by atoms with Crippen molar-refractivity contribution in [2.24, 2.45) is 10.9 Å². The third-order valence-electron chi connectivity index (χ3n) is 1.77. The van der Waals surface area contributed by atoms with E-state index in [0.29, 0.717) is 0 Å². The minimum atomic E-state index is 0.134. The summed E-state index contributed by atoms with van der Waals surface area (Å²) >= 11 is 0. The maximum absolute atomic E-state index is 8.54. The van der Waals surface area contributed by atoms with Crippen LogP contribution in [-0.2, 0) is 0 Å². The molecule has 1 saturated carbocycles.